The number of amides is 2. The summed E-state index contributed by atoms with van der Waals surface area (Å²) in [5, 5.41) is 2.90. The maximum absolute atomic E-state index is 12.5. The summed E-state index contributed by atoms with van der Waals surface area (Å²) in [5.74, 6) is 0.600. The largest absolute Gasteiger partial charge is 0.497 e. The standard InChI is InChI=1S/C21H27N3O3/c1-15(2)16-4-6-17(7-5-16)23-21(26)14-24(13-12-20(22)25)18-8-10-19(27-3)11-9-18/h4-11,15H,12-14H2,1-3H3,(H2,22,25)(H,23,26). The molecule has 2 aromatic carbocycles. The second-order valence-corrected chi connectivity index (χ2v) is 6.66. The summed E-state index contributed by atoms with van der Waals surface area (Å²) < 4.78 is 5.16. The second kappa shape index (κ2) is 9.62. The van der Waals surface area contributed by atoms with Crippen molar-refractivity contribution in [2.75, 3.05) is 30.4 Å². The monoisotopic (exact) mass is 369 g/mol. The van der Waals surface area contributed by atoms with E-state index in [0.29, 0.717) is 12.5 Å². The molecule has 0 saturated carbocycles. The lowest BCUT2D eigenvalue weighted by Crippen LogP contribution is -2.35. The molecule has 0 aromatic heterocycles. The molecule has 6 heteroatoms. The van der Waals surface area contributed by atoms with Crippen LogP contribution in [0.25, 0.3) is 0 Å². The van der Waals surface area contributed by atoms with Crippen LogP contribution in [0.1, 0.15) is 31.7 Å². The molecule has 144 valence electrons. The Bertz CT molecular complexity index is 755. The van der Waals surface area contributed by atoms with Crippen LogP contribution in [0, 0.1) is 0 Å². The van der Waals surface area contributed by atoms with Crippen molar-refractivity contribution in [3.8, 4) is 5.75 Å². The van der Waals surface area contributed by atoms with Crippen LogP contribution in [-0.4, -0.2) is 32.0 Å². The van der Waals surface area contributed by atoms with Crippen LogP contribution in [0.4, 0.5) is 11.4 Å². The lowest BCUT2D eigenvalue weighted by atomic mass is 10.0. The van der Waals surface area contributed by atoms with Crippen LogP contribution < -0.4 is 20.7 Å². The Morgan fingerprint density at radius 3 is 2.22 bits per heavy atom. The number of hydrogen-bond acceptors (Lipinski definition) is 4. The highest BCUT2D eigenvalue weighted by molar-refractivity contribution is 5.94. The molecule has 0 spiro atoms. The van der Waals surface area contributed by atoms with Crippen molar-refractivity contribution in [3.63, 3.8) is 0 Å². The van der Waals surface area contributed by atoms with E-state index in [1.807, 2.05) is 53.4 Å². The molecule has 0 fully saturated rings. The fourth-order valence-electron chi connectivity index (χ4n) is 2.66. The first-order valence-electron chi connectivity index (χ1n) is 8.96. The van der Waals surface area contributed by atoms with Gasteiger partial charge in [-0.15, -0.1) is 0 Å². The Morgan fingerprint density at radius 1 is 1.07 bits per heavy atom. The van der Waals surface area contributed by atoms with Crippen molar-refractivity contribution < 1.29 is 14.3 Å². The lowest BCUT2D eigenvalue weighted by Gasteiger charge is -2.24. The molecule has 0 saturated heterocycles. The summed E-state index contributed by atoms with van der Waals surface area (Å²) >= 11 is 0. The number of carbonyl (C=O) groups excluding carboxylic acids is 2. The highest BCUT2D eigenvalue weighted by atomic mass is 16.5. The first-order valence-corrected chi connectivity index (χ1v) is 8.96. The van der Waals surface area contributed by atoms with Gasteiger partial charge in [0.1, 0.15) is 5.75 Å². The number of methoxy groups -OCH3 is 1. The zero-order valence-electron chi connectivity index (χ0n) is 16.1. The van der Waals surface area contributed by atoms with Gasteiger partial charge in [-0.3, -0.25) is 9.59 Å². The first-order chi connectivity index (χ1) is 12.9. The SMILES string of the molecule is COc1ccc(N(CCC(N)=O)CC(=O)Nc2ccc(C(C)C)cc2)cc1. The first kappa shape index (κ1) is 20.3. The number of rotatable bonds is 9. The zero-order chi connectivity index (χ0) is 19.8. The van der Waals surface area contributed by atoms with Gasteiger partial charge in [0.25, 0.3) is 0 Å². The third-order valence-corrected chi connectivity index (χ3v) is 4.26. The van der Waals surface area contributed by atoms with Gasteiger partial charge in [-0.25, -0.2) is 0 Å². The molecule has 2 rings (SSSR count). The fraction of sp³-hybridized carbons (Fsp3) is 0.333. The second-order valence-electron chi connectivity index (χ2n) is 6.66. The normalized spacial score (nSPS) is 10.5. The maximum atomic E-state index is 12.5. The Labute approximate surface area is 160 Å². The molecule has 0 aliphatic carbocycles. The Hall–Kier alpha value is -3.02. The number of primary amides is 1. The van der Waals surface area contributed by atoms with Gasteiger partial charge in [0, 0.05) is 24.3 Å². The van der Waals surface area contributed by atoms with Gasteiger partial charge in [-0.1, -0.05) is 26.0 Å². The van der Waals surface area contributed by atoms with Crippen molar-refractivity contribution in [1.29, 1.82) is 0 Å². The van der Waals surface area contributed by atoms with Crippen LogP contribution in [-0.2, 0) is 9.59 Å². The molecule has 27 heavy (non-hydrogen) atoms. The number of nitrogens with two attached hydrogens (primary N) is 1. The van der Waals surface area contributed by atoms with Gasteiger partial charge in [0.15, 0.2) is 0 Å². The molecular weight excluding hydrogens is 342 g/mol. The molecule has 0 bridgehead atoms. The molecule has 0 heterocycles. The summed E-state index contributed by atoms with van der Waals surface area (Å²) in [5.41, 5.74) is 8.05. The third-order valence-electron chi connectivity index (χ3n) is 4.26. The topological polar surface area (TPSA) is 84.7 Å². The number of benzene rings is 2. The van der Waals surface area contributed by atoms with Crippen molar-refractivity contribution in [2.24, 2.45) is 5.73 Å². The molecular formula is C21H27N3O3. The van der Waals surface area contributed by atoms with E-state index in [9.17, 15) is 9.59 Å². The molecule has 0 radical (unpaired) electrons. The molecule has 2 amide bonds. The van der Waals surface area contributed by atoms with Gasteiger partial charge in [-0.05, 0) is 47.9 Å². The molecule has 0 aliphatic rings. The van der Waals surface area contributed by atoms with E-state index >= 15 is 0 Å². The maximum Gasteiger partial charge on any atom is 0.243 e. The van der Waals surface area contributed by atoms with Crippen LogP contribution in [0.5, 0.6) is 5.75 Å². The third kappa shape index (κ3) is 6.33. The average Bonchev–Trinajstić information content (AvgIpc) is 2.65. The van der Waals surface area contributed by atoms with Crippen LogP contribution in [0.3, 0.4) is 0 Å². The number of nitrogens with zero attached hydrogens (tertiary/aromatic N) is 1. The highest BCUT2D eigenvalue weighted by Gasteiger charge is 2.13. The van der Waals surface area contributed by atoms with E-state index in [-0.39, 0.29) is 18.9 Å². The highest BCUT2D eigenvalue weighted by Crippen LogP contribution is 2.20. The summed E-state index contributed by atoms with van der Waals surface area (Å²) in [6, 6.07) is 15.1. The van der Waals surface area contributed by atoms with Gasteiger partial charge < -0.3 is 20.7 Å². The summed E-state index contributed by atoms with van der Waals surface area (Å²) in [6.45, 7) is 4.73. The Kier molecular flexibility index (Phi) is 7.23. The summed E-state index contributed by atoms with van der Waals surface area (Å²) in [4.78, 5) is 25.5. The van der Waals surface area contributed by atoms with Gasteiger partial charge in [-0.2, -0.15) is 0 Å². The summed E-state index contributed by atoms with van der Waals surface area (Å²) in [6.07, 6.45) is 0.169. The van der Waals surface area contributed by atoms with Gasteiger partial charge >= 0.3 is 0 Å². The van der Waals surface area contributed by atoms with Crippen molar-refractivity contribution in [1.82, 2.24) is 0 Å². The zero-order valence-corrected chi connectivity index (χ0v) is 16.1. The number of ether oxygens (including phenoxy) is 1. The molecule has 0 unspecified atom stereocenters. The van der Waals surface area contributed by atoms with E-state index in [0.717, 1.165) is 17.1 Å². The smallest absolute Gasteiger partial charge is 0.243 e. The Morgan fingerprint density at radius 2 is 1.70 bits per heavy atom. The molecule has 6 nitrogen and oxygen atoms in total. The molecule has 3 N–H and O–H groups in total. The quantitative estimate of drug-likeness (QED) is 0.711. The number of nitrogens with one attached hydrogen (secondary N) is 1. The van der Waals surface area contributed by atoms with Crippen LogP contribution in [0.2, 0.25) is 0 Å². The minimum absolute atomic E-state index is 0.117. The van der Waals surface area contributed by atoms with Gasteiger partial charge in [0.05, 0.1) is 13.7 Å². The van der Waals surface area contributed by atoms with Crippen LogP contribution >= 0.6 is 0 Å². The summed E-state index contributed by atoms with van der Waals surface area (Å²) in [7, 11) is 1.60. The van der Waals surface area contributed by atoms with Crippen molar-refractivity contribution >= 4 is 23.2 Å². The number of carbonyl (C=O) groups is 2. The predicted molar refractivity (Wildman–Crippen MR) is 108 cm³/mol. The Balaban J connectivity index is 2.06. The average molecular weight is 369 g/mol. The molecule has 0 atom stereocenters. The van der Waals surface area contributed by atoms with E-state index < -0.39 is 5.91 Å². The molecule has 2 aromatic rings. The minimum atomic E-state index is -0.404. The predicted octanol–water partition coefficient (Wildman–Crippen LogP) is 3.14. The van der Waals surface area contributed by atoms with Crippen molar-refractivity contribution in [2.45, 2.75) is 26.2 Å². The number of hydrogen-bond donors (Lipinski definition) is 2. The van der Waals surface area contributed by atoms with E-state index in [1.165, 1.54) is 5.56 Å². The van der Waals surface area contributed by atoms with Crippen LogP contribution in [0.15, 0.2) is 48.5 Å². The van der Waals surface area contributed by atoms with E-state index in [1.54, 1.807) is 7.11 Å². The number of anilines is 2. The van der Waals surface area contributed by atoms with E-state index in [2.05, 4.69) is 19.2 Å². The fourth-order valence-corrected chi connectivity index (χ4v) is 2.66. The van der Waals surface area contributed by atoms with Gasteiger partial charge in [0.2, 0.25) is 11.8 Å². The van der Waals surface area contributed by atoms with Crippen molar-refractivity contribution in [3.05, 3.63) is 54.1 Å². The lowest BCUT2D eigenvalue weighted by molar-refractivity contribution is -0.118. The minimum Gasteiger partial charge on any atom is -0.497 e. The van der Waals surface area contributed by atoms with E-state index in [4.69, 9.17) is 10.5 Å². The molecule has 0 aliphatic heterocycles.